The summed E-state index contributed by atoms with van der Waals surface area (Å²) < 4.78 is 2.16. The average Bonchev–Trinajstić information content (AvgIpc) is 3.09. The van der Waals surface area contributed by atoms with Gasteiger partial charge in [-0.25, -0.2) is 9.97 Å². The summed E-state index contributed by atoms with van der Waals surface area (Å²) in [6.07, 6.45) is 4.24. The molecule has 0 spiro atoms. The van der Waals surface area contributed by atoms with E-state index in [1.165, 1.54) is 12.8 Å². The van der Waals surface area contributed by atoms with Crippen LogP contribution in [-0.4, -0.2) is 14.5 Å². The highest BCUT2D eigenvalue weighted by molar-refractivity contribution is 6.31. The SMILES string of the molecule is CC(C1CC1)n1c(CCl)nc2cc(Cl)cnc21. The summed E-state index contributed by atoms with van der Waals surface area (Å²) in [5, 5.41) is 0.613. The maximum atomic E-state index is 5.97. The molecule has 0 aromatic carbocycles. The minimum atomic E-state index is 0.408. The van der Waals surface area contributed by atoms with Crippen molar-refractivity contribution in [1.29, 1.82) is 0 Å². The normalized spacial score (nSPS) is 17.6. The van der Waals surface area contributed by atoms with Crippen molar-refractivity contribution in [2.45, 2.75) is 31.7 Å². The van der Waals surface area contributed by atoms with Crippen molar-refractivity contribution in [3.63, 3.8) is 0 Å². The minimum Gasteiger partial charge on any atom is -0.309 e. The smallest absolute Gasteiger partial charge is 0.160 e. The minimum absolute atomic E-state index is 0.408. The number of pyridine rings is 1. The molecule has 17 heavy (non-hydrogen) atoms. The van der Waals surface area contributed by atoms with E-state index in [2.05, 4.69) is 21.5 Å². The number of alkyl halides is 1. The third-order valence-corrected chi connectivity index (χ3v) is 3.85. The summed E-state index contributed by atoms with van der Waals surface area (Å²) >= 11 is 11.9. The zero-order valence-corrected chi connectivity index (χ0v) is 11.0. The number of rotatable bonds is 3. The van der Waals surface area contributed by atoms with E-state index < -0.39 is 0 Å². The number of nitrogens with zero attached hydrogens (tertiary/aromatic N) is 3. The molecule has 0 saturated heterocycles. The molecule has 3 nitrogen and oxygen atoms in total. The summed E-state index contributed by atoms with van der Waals surface area (Å²) in [5.41, 5.74) is 1.73. The van der Waals surface area contributed by atoms with Gasteiger partial charge in [-0.15, -0.1) is 11.6 Å². The maximum Gasteiger partial charge on any atom is 0.160 e. The number of imidazole rings is 1. The van der Waals surface area contributed by atoms with Gasteiger partial charge in [-0.05, 0) is 31.7 Å². The van der Waals surface area contributed by atoms with E-state index in [1.54, 1.807) is 6.20 Å². The van der Waals surface area contributed by atoms with Crippen LogP contribution in [0.25, 0.3) is 11.2 Å². The van der Waals surface area contributed by atoms with Crippen LogP contribution in [0.15, 0.2) is 12.3 Å². The van der Waals surface area contributed by atoms with Crippen LogP contribution in [0.1, 0.15) is 31.6 Å². The second-order valence-electron chi connectivity index (χ2n) is 4.61. The van der Waals surface area contributed by atoms with Crippen molar-refractivity contribution in [2.24, 2.45) is 5.92 Å². The zero-order chi connectivity index (χ0) is 12.0. The quantitative estimate of drug-likeness (QED) is 0.794. The first-order valence-electron chi connectivity index (χ1n) is 5.79. The van der Waals surface area contributed by atoms with Gasteiger partial charge in [0.15, 0.2) is 5.65 Å². The molecule has 0 radical (unpaired) electrons. The van der Waals surface area contributed by atoms with Crippen LogP contribution in [0.5, 0.6) is 0 Å². The Balaban J connectivity index is 2.18. The predicted molar refractivity (Wildman–Crippen MR) is 69.5 cm³/mol. The van der Waals surface area contributed by atoms with Crippen molar-refractivity contribution in [3.05, 3.63) is 23.1 Å². The molecule has 0 amide bonds. The molecule has 0 aliphatic heterocycles. The Morgan fingerprint density at radius 1 is 1.53 bits per heavy atom. The molecule has 1 atom stereocenters. The van der Waals surface area contributed by atoms with Gasteiger partial charge in [0.25, 0.3) is 0 Å². The first-order valence-corrected chi connectivity index (χ1v) is 6.70. The van der Waals surface area contributed by atoms with Gasteiger partial charge in [-0.2, -0.15) is 0 Å². The van der Waals surface area contributed by atoms with Gasteiger partial charge in [0, 0.05) is 12.2 Å². The first-order chi connectivity index (χ1) is 8.20. The van der Waals surface area contributed by atoms with Crippen molar-refractivity contribution >= 4 is 34.4 Å². The molecule has 1 aliphatic carbocycles. The molecule has 1 fully saturated rings. The second kappa shape index (κ2) is 4.14. The molecule has 0 bridgehead atoms. The molecule has 1 aliphatic rings. The van der Waals surface area contributed by atoms with Crippen molar-refractivity contribution < 1.29 is 0 Å². The van der Waals surface area contributed by atoms with Crippen LogP contribution < -0.4 is 0 Å². The molecule has 2 aromatic rings. The Kier molecular flexibility index (Phi) is 2.75. The van der Waals surface area contributed by atoms with Gasteiger partial charge in [-0.1, -0.05) is 11.6 Å². The molecule has 3 rings (SSSR count). The van der Waals surface area contributed by atoms with Crippen molar-refractivity contribution in [1.82, 2.24) is 14.5 Å². The Morgan fingerprint density at radius 3 is 2.94 bits per heavy atom. The lowest BCUT2D eigenvalue weighted by atomic mass is 10.2. The summed E-state index contributed by atoms with van der Waals surface area (Å²) in [7, 11) is 0. The lowest BCUT2D eigenvalue weighted by Gasteiger charge is -2.15. The number of aromatic nitrogens is 3. The highest BCUT2D eigenvalue weighted by atomic mass is 35.5. The zero-order valence-electron chi connectivity index (χ0n) is 9.53. The molecule has 0 N–H and O–H groups in total. The van der Waals surface area contributed by atoms with E-state index in [0.29, 0.717) is 16.9 Å². The van der Waals surface area contributed by atoms with Crippen molar-refractivity contribution in [2.75, 3.05) is 0 Å². The summed E-state index contributed by atoms with van der Waals surface area (Å²) in [6.45, 7) is 2.21. The van der Waals surface area contributed by atoms with E-state index in [4.69, 9.17) is 23.2 Å². The lowest BCUT2D eigenvalue weighted by Crippen LogP contribution is -2.10. The molecule has 90 valence electrons. The summed E-state index contributed by atoms with van der Waals surface area (Å²) in [5.74, 6) is 2.04. The topological polar surface area (TPSA) is 30.7 Å². The highest BCUT2D eigenvalue weighted by Gasteiger charge is 2.31. The van der Waals surface area contributed by atoms with Crippen LogP contribution in [0.3, 0.4) is 0 Å². The van der Waals surface area contributed by atoms with Crippen molar-refractivity contribution in [3.8, 4) is 0 Å². The van der Waals surface area contributed by atoms with E-state index in [-0.39, 0.29) is 0 Å². The van der Waals surface area contributed by atoms with Gasteiger partial charge in [0.2, 0.25) is 0 Å². The number of halogens is 2. The van der Waals surface area contributed by atoms with Crippen LogP contribution in [0.4, 0.5) is 0 Å². The predicted octanol–water partition coefficient (Wildman–Crippen LogP) is 3.79. The second-order valence-corrected chi connectivity index (χ2v) is 5.31. The van der Waals surface area contributed by atoms with Gasteiger partial charge in [0.05, 0.1) is 10.9 Å². The van der Waals surface area contributed by atoms with E-state index in [0.717, 1.165) is 22.9 Å². The fraction of sp³-hybridized carbons (Fsp3) is 0.500. The highest BCUT2D eigenvalue weighted by Crippen LogP contribution is 2.41. The largest absolute Gasteiger partial charge is 0.309 e. The van der Waals surface area contributed by atoms with Crippen LogP contribution >= 0.6 is 23.2 Å². The van der Waals surface area contributed by atoms with Gasteiger partial charge >= 0.3 is 0 Å². The van der Waals surface area contributed by atoms with Crippen LogP contribution in [0, 0.1) is 5.92 Å². The van der Waals surface area contributed by atoms with E-state index in [1.807, 2.05) is 6.07 Å². The maximum absolute atomic E-state index is 5.97. The summed E-state index contributed by atoms with van der Waals surface area (Å²) in [6, 6.07) is 2.26. The third-order valence-electron chi connectivity index (χ3n) is 3.40. The Hall–Kier alpha value is -0.800. The van der Waals surface area contributed by atoms with Gasteiger partial charge < -0.3 is 4.57 Å². The molecule has 5 heteroatoms. The standard InChI is InChI=1S/C12H13Cl2N3/c1-7(8-2-3-8)17-11(5-13)16-10-4-9(14)6-15-12(10)17/h4,6-8H,2-3,5H2,1H3. The van der Waals surface area contributed by atoms with Crippen LogP contribution in [-0.2, 0) is 5.88 Å². The first kappa shape index (κ1) is 11.3. The molecule has 2 heterocycles. The van der Waals surface area contributed by atoms with Gasteiger partial charge in [-0.3, -0.25) is 0 Å². The van der Waals surface area contributed by atoms with Gasteiger partial charge in [0.1, 0.15) is 11.3 Å². The summed E-state index contributed by atoms with van der Waals surface area (Å²) in [4.78, 5) is 8.90. The Morgan fingerprint density at radius 2 is 2.29 bits per heavy atom. The fourth-order valence-corrected chi connectivity index (χ4v) is 2.66. The third kappa shape index (κ3) is 1.91. The monoisotopic (exact) mass is 269 g/mol. The molecule has 1 unspecified atom stereocenters. The lowest BCUT2D eigenvalue weighted by molar-refractivity contribution is 0.483. The molecule has 2 aromatic heterocycles. The van der Waals surface area contributed by atoms with Crippen LogP contribution in [0.2, 0.25) is 5.02 Å². The molecular formula is C12H13Cl2N3. The molecule has 1 saturated carbocycles. The Bertz CT molecular complexity index is 560. The number of hydrogen-bond acceptors (Lipinski definition) is 2. The fourth-order valence-electron chi connectivity index (χ4n) is 2.32. The van der Waals surface area contributed by atoms with E-state index in [9.17, 15) is 0 Å². The Labute approximate surface area is 110 Å². The molecular weight excluding hydrogens is 257 g/mol. The average molecular weight is 270 g/mol. The van der Waals surface area contributed by atoms with E-state index >= 15 is 0 Å². The number of fused-ring (bicyclic) bond motifs is 1. The number of hydrogen-bond donors (Lipinski definition) is 0.